The zero-order valence-corrected chi connectivity index (χ0v) is 66.0. The number of nitrogens with one attached hydrogen (secondary N) is 10. The number of aliphatic hydroxyl groups excluding tert-OH is 8. The summed E-state index contributed by atoms with van der Waals surface area (Å²) < 4.78 is 28.8. The fraction of sp³-hybridized carbons (Fsp3) is 0.662. The molecule has 642 valence electrons. The van der Waals surface area contributed by atoms with Crippen LogP contribution in [-0.2, 0) is 63.7 Å². The van der Waals surface area contributed by atoms with Gasteiger partial charge in [0.25, 0.3) is 11.8 Å². The third-order valence-electron chi connectivity index (χ3n) is 18.8. The lowest BCUT2D eigenvalue weighted by Crippen LogP contribution is -2.65. The molecule has 0 radical (unpaired) electrons. The van der Waals surface area contributed by atoms with Crippen LogP contribution in [0.5, 0.6) is 0 Å². The van der Waals surface area contributed by atoms with Crippen LogP contribution in [0, 0.1) is 18.8 Å². The van der Waals surface area contributed by atoms with Crippen molar-refractivity contribution >= 4 is 87.7 Å². The summed E-state index contributed by atoms with van der Waals surface area (Å²) in [4.78, 5) is 157. The zero-order chi connectivity index (χ0) is 85.1. The van der Waals surface area contributed by atoms with Gasteiger partial charge in [0.05, 0.1) is 78.7 Å². The molecule has 4 aromatic heterocycles. The van der Waals surface area contributed by atoms with Gasteiger partial charge < -0.3 is 158 Å². The Balaban J connectivity index is 1.10. The normalized spacial score (nSPS) is 22.5. The summed E-state index contributed by atoms with van der Waals surface area (Å²) in [6, 6.07) is -9.39. The highest BCUT2D eigenvalue weighted by Crippen LogP contribution is 2.35. The van der Waals surface area contributed by atoms with E-state index in [0.29, 0.717) is 74.1 Å². The van der Waals surface area contributed by atoms with Gasteiger partial charge in [-0.2, -0.15) is 0 Å². The van der Waals surface area contributed by atoms with E-state index >= 15 is 4.79 Å². The highest BCUT2D eigenvalue weighted by molar-refractivity contribution is 7.14. The molecule has 6 heterocycles. The van der Waals surface area contributed by atoms with Gasteiger partial charge in [-0.1, -0.05) is 20.8 Å². The van der Waals surface area contributed by atoms with E-state index in [2.05, 4.69) is 77.8 Å². The number of hydrogen-bond donors (Lipinski definition) is 25. The summed E-state index contributed by atoms with van der Waals surface area (Å²) in [7, 11) is 0. The number of nitrogens with zero attached hydrogens (tertiary/aromatic N) is 5. The number of ether oxygens (including phenoxy) is 5. The number of rotatable bonds is 48. The second-order valence-electron chi connectivity index (χ2n) is 28.0. The summed E-state index contributed by atoms with van der Waals surface area (Å²) in [5, 5.41) is 117. The van der Waals surface area contributed by atoms with Gasteiger partial charge >= 0.3 is 6.09 Å². The van der Waals surface area contributed by atoms with Crippen molar-refractivity contribution < 1.29 is 112 Å². The van der Waals surface area contributed by atoms with E-state index in [1.165, 1.54) is 50.4 Å². The van der Waals surface area contributed by atoms with E-state index in [1.54, 1.807) is 10.8 Å². The lowest BCUT2D eigenvalue weighted by molar-refractivity contribution is -0.372. The molecule has 4 aromatic rings. The van der Waals surface area contributed by atoms with Crippen molar-refractivity contribution in [3.8, 4) is 10.7 Å². The second-order valence-corrected chi connectivity index (χ2v) is 29.8. The van der Waals surface area contributed by atoms with Crippen molar-refractivity contribution in [3.63, 3.8) is 0 Å². The molecule has 47 heteroatoms. The predicted molar refractivity (Wildman–Crippen MR) is 407 cm³/mol. The van der Waals surface area contributed by atoms with Gasteiger partial charge in [-0.25, -0.2) is 29.7 Å². The van der Waals surface area contributed by atoms with E-state index in [0.717, 1.165) is 25.4 Å². The Kier molecular flexibility index (Phi) is 38.2. The maximum absolute atomic E-state index is 15.3. The highest BCUT2D eigenvalue weighted by atomic mass is 32.1. The summed E-state index contributed by atoms with van der Waals surface area (Å²) in [6.07, 6.45) is -21.4. The first-order valence-electron chi connectivity index (χ1n) is 37.2. The standard InChI is InChI=1S/C68H110N22O23S2/c1-28(2)43(72)61(104)85-34(12-7-8-14-69)59(102)78-17-10-9-15-76-16-11-18-79-60(103)37-25-115-65(86-37)38-26-114-42(84-38)13-19-80-62(105)45(32(6)93)88-58(101)30(4)47(95)31(5)83-64(107)46(89-63(106)44-29(3)55(73)90-57(87-44)35(20-41(71)94)81-21-33(70)56(74)100)52(36-22-77-27-82-36)111-67-54(50(98)48(96)39(23-91)110-67)112-66-51(99)53(113-68(75)108)49(97)40(24-92)109-66/h22,25-28,30-35,39-40,43,45-54,66-67,76,81,91-93,95-99H,7-21,23-24,69-70,72H2,1-6H3,(H2,71,94)(H2,74,100)(H2,75,108)(H,77,82)(H,78,102)(H,79,103)(H,80,105)(H,83,107)(H,85,104)(H,88,101)(H,89,106)(H2,73,87,90)/t30-,31+,32+,33-,34-,35-,39-,40+,43-,45-,46-,47-,48+,49+,50-,51-,52-,53-,54-,66+,67-/m0/s1. The van der Waals surface area contributed by atoms with Crippen molar-refractivity contribution in [1.29, 1.82) is 0 Å². The van der Waals surface area contributed by atoms with E-state index in [1.807, 2.05) is 13.8 Å². The minimum absolute atomic E-state index is 0.0429. The third kappa shape index (κ3) is 27.7. The van der Waals surface area contributed by atoms with Crippen LogP contribution in [0.3, 0.4) is 0 Å². The maximum Gasteiger partial charge on any atom is 0.404 e. The molecule has 0 aromatic carbocycles. The first-order valence-corrected chi connectivity index (χ1v) is 39.0. The highest BCUT2D eigenvalue weighted by Gasteiger charge is 2.54. The van der Waals surface area contributed by atoms with Gasteiger partial charge in [-0.15, -0.1) is 22.7 Å². The van der Waals surface area contributed by atoms with E-state index in [9.17, 15) is 84.0 Å². The number of nitrogens with two attached hydrogens (primary N) is 7. The lowest BCUT2D eigenvalue weighted by Gasteiger charge is -2.47. The van der Waals surface area contributed by atoms with Crippen LogP contribution < -0.4 is 88.0 Å². The molecular weight excluding hydrogens is 1560 g/mol. The van der Waals surface area contributed by atoms with E-state index in [-0.39, 0.29) is 71.7 Å². The molecule has 0 spiro atoms. The number of aromatic amines is 1. The van der Waals surface area contributed by atoms with Crippen LogP contribution in [0.2, 0.25) is 0 Å². The molecule has 45 nitrogen and oxygen atoms in total. The van der Waals surface area contributed by atoms with Crippen molar-refractivity contribution in [1.82, 2.24) is 77.8 Å². The Bertz CT molecular complexity index is 3830. The monoisotopic (exact) mass is 1670 g/mol. The van der Waals surface area contributed by atoms with Crippen molar-refractivity contribution in [3.05, 3.63) is 56.8 Å². The van der Waals surface area contributed by atoms with Crippen molar-refractivity contribution in [2.24, 2.45) is 46.2 Å². The van der Waals surface area contributed by atoms with Crippen molar-refractivity contribution in [2.45, 2.75) is 215 Å². The number of anilines is 1. The average Bonchev–Trinajstić information content (AvgIpc) is 1.77. The number of amides is 10. The molecular formula is C68H110N22O23S2. The summed E-state index contributed by atoms with van der Waals surface area (Å²) in [6.45, 7) is 8.76. The number of primary amides is 3. The number of nitrogen functional groups attached to an aromatic ring is 1. The van der Waals surface area contributed by atoms with Gasteiger partial charge in [-0.3, -0.25) is 43.2 Å². The third-order valence-corrected chi connectivity index (χ3v) is 20.5. The molecule has 0 saturated carbocycles. The maximum atomic E-state index is 15.3. The van der Waals surface area contributed by atoms with Crippen LogP contribution >= 0.6 is 22.7 Å². The lowest BCUT2D eigenvalue weighted by atomic mass is 9.96. The van der Waals surface area contributed by atoms with Gasteiger partial charge in [0.15, 0.2) is 18.7 Å². The van der Waals surface area contributed by atoms with Gasteiger partial charge in [0.1, 0.15) is 101 Å². The van der Waals surface area contributed by atoms with Crippen LogP contribution in [-0.4, -0.2) is 299 Å². The smallest absolute Gasteiger partial charge is 0.404 e. The zero-order valence-electron chi connectivity index (χ0n) is 64.3. The minimum Gasteiger partial charge on any atom is -0.441 e. The molecule has 0 unspecified atom stereocenters. The number of imidazole rings is 1. The SMILES string of the molecule is Cc1c(N)nc([C@H](CC(N)=O)NC[C@H](N)C(N)=O)nc1C(=O)N[C@H](C(=O)N[C@H](C)[C@@H](O)[C@H](C)C(=O)N[C@H](C(=O)NCCc1nc(-c2nc(C(=O)NCCCNCCCCNC(=O)[C@H](CCCCN)NC(=O)[C@@H](N)C(C)C)cs2)cs1)[C@@H](C)O)[C@@H](O[C@@H]1O[C@@H](CO)[C@@H](O)[C@H](O)[C@@H]1O[C@H]1O[C@H](CO)[C@@H](O)[C@H](OC(N)=O)[C@@H]1O)c1cnc[nH]1. The summed E-state index contributed by atoms with van der Waals surface area (Å²) in [5.74, 6) is -9.64. The van der Waals surface area contributed by atoms with Crippen LogP contribution in [0.15, 0.2) is 23.3 Å². The van der Waals surface area contributed by atoms with Gasteiger partial charge in [-0.05, 0) is 84.8 Å². The Morgan fingerprint density at radius 1 is 0.678 bits per heavy atom. The molecule has 10 amide bonds. The Morgan fingerprint density at radius 2 is 1.35 bits per heavy atom. The molecule has 21 atom stereocenters. The summed E-state index contributed by atoms with van der Waals surface area (Å²) >= 11 is 2.45. The molecule has 2 saturated heterocycles. The second kappa shape index (κ2) is 46.2. The molecule has 32 N–H and O–H groups in total. The first kappa shape index (κ1) is 95.0. The average molecular weight is 1670 g/mol. The van der Waals surface area contributed by atoms with Crippen LogP contribution in [0.4, 0.5) is 10.6 Å². The number of carbonyl (C=O) groups is 10. The molecule has 2 aliphatic heterocycles. The fourth-order valence-electron chi connectivity index (χ4n) is 11.8. The predicted octanol–water partition coefficient (Wildman–Crippen LogP) is -8.50. The van der Waals surface area contributed by atoms with Gasteiger partial charge in [0.2, 0.25) is 41.4 Å². The van der Waals surface area contributed by atoms with E-state index in [4.69, 9.17) is 63.8 Å². The molecule has 2 aliphatic rings. The number of carbonyl (C=O) groups excluding carboxylic acids is 10. The first-order chi connectivity index (χ1) is 54.5. The van der Waals surface area contributed by atoms with Gasteiger partial charge in [0, 0.05) is 55.3 Å². The number of unbranched alkanes of at least 4 members (excludes halogenated alkanes) is 2. The quantitative estimate of drug-likeness (QED) is 0.0183. The minimum atomic E-state index is -2.21. The number of thiazole rings is 2. The van der Waals surface area contributed by atoms with E-state index < -0.39 is 195 Å². The molecule has 0 bridgehead atoms. The topological polar surface area (TPSA) is 749 Å². The molecule has 115 heavy (non-hydrogen) atoms. The fourth-order valence-corrected chi connectivity index (χ4v) is 13.4. The Labute approximate surface area is 668 Å². The van der Waals surface area contributed by atoms with Crippen molar-refractivity contribution in [2.75, 3.05) is 64.8 Å². The Morgan fingerprint density at radius 3 is 1.99 bits per heavy atom. The number of aliphatic hydroxyl groups is 8. The van der Waals surface area contributed by atoms with Crippen LogP contribution in [0.25, 0.3) is 10.7 Å². The van der Waals surface area contributed by atoms with Crippen LogP contribution in [0.1, 0.15) is 135 Å². The number of aromatic nitrogens is 6. The molecule has 0 aliphatic carbocycles. The largest absolute Gasteiger partial charge is 0.441 e. The molecule has 2 fully saturated rings. The number of hydrogen-bond acceptors (Lipinski definition) is 36. The summed E-state index contributed by atoms with van der Waals surface area (Å²) in [5.41, 5.74) is 39.6. The number of H-pyrrole nitrogens is 1. The Hall–Kier alpha value is -8.83. The molecule has 6 rings (SSSR count).